The van der Waals surface area contributed by atoms with Crippen LogP contribution in [0.15, 0.2) is 48.7 Å². The first kappa shape index (κ1) is 32.4. The predicted octanol–water partition coefficient (Wildman–Crippen LogP) is -0.456. The van der Waals surface area contributed by atoms with Gasteiger partial charge in [0.05, 0.1) is 31.7 Å². The van der Waals surface area contributed by atoms with Gasteiger partial charge in [-0.3, -0.25) is 39.2 Å². The zero-order valence-electron chi connectivity index (χ0n) is 23.4. The van der Waals surface area contributed by atoms with E-state index in [2.05, 4.69) is 0 Å². The second kappa shape index (κ2) is 16.4. The molecule has 1 aromatic heterocycles. The maximum Gasteiger partial charge on any atom is 0.338 e. The van der Waals surface area contributed by atoms with Crippen LogP contribution in [0.3, 0.4) is 0 Å². The fraction of sp³-hybridized carbons (Fsp3) is 0.464. The number of carboxylic acids is 3. The summed E-state index contributed by atoms with van der Waals surface area (Å²) in [5.74, 6) is -3.60. The highest BCUT2D eigenvalue weighted by Crippen LogP contribution is 2.10. The fourth-order valence-corrected chi connectivity index (χ4v) is 4.61. The van der Waals surface area contributed by atoms with Gasteiger partial charge in [0.1, 0.15) is 6.61 Å². The number of esters is 1. The van der Waals surface area contributed by atoms with Crippen molar-refractivity contribution in [2.75, 3.05) is 72.0 Å². The highest BCUT2D eigenvalue weighted by atomic mass is 16.5. The molecular weight excluding hydrogens is 550 g/mol. The molecule has 0 spiro atoms. The van der Waals surface area contributed by atoms with Crippen LogP contribution in [0.5, 0.6) is 0 Å². The Labute approximate surface area is 243 Å². The summed E-state index contributed by atoms with van der Waals surface area (Å²) in [6.45, 7) is 2.16. The van der Waals surface area contributed by atoms with Crippen LogP contribution in [0.1, 0.15) is 21.6 Å². The van der Waals surface area contributed by atoms with Crippen LogP contribution in [0, 0.1) is 0 Å². The largest absolute Gasteiger partial charge is 0.480 e. The Hall–Kier alpha value is -4.11. The molecule has 1 fully saturated rings. The Morgan fingerprint density at radius 1 is 0.690 bits per heavy atom. The zero-order valence-corrected chi connectivity index (χ0v) is 23.4. The van der Waals surface area contributed by atoms with E-state index in [1.807, 2.05) is 35.2 Å². The zero-order chi connectivity index (χ0) is 30.5. The van der Waals surface area contributed by atoms with Crippen LogP contribution in [0.4, 0.5) is 0 Å². The van der Waals surface area contributed by atoms with Crippen molar-refractivity contribution in [1.29, 1.82) is 0 Å². The molecule has 14 heteroatoms. The molecule has 0 amide bonds. The molecule has 2 aromatic rings. The van der Waals surface area contributed by atoms with Crippen molar-refractivity contribution in [2.45, 2.75) is 13.2 Å². The van der Waals surface area contributed by atoms with Crippen molar-refractivity contribution >= 4 is 23.9 Å². The third-order valence-corrected chi connectivity index (χ3v) is 6.85. The first-order chi connectivity index (χ1) is 20.1. The van der Waals surface area contributed by atoms with Crippen LogP contribution in [0.2, 0.25) is 0 Å². The van der Waals surface area contributed by atoms with E-state index in [0.29, 0.717) is 58.1 Å². The van der Waals surface area contributed by atoms with E-state index in [-0.39, 0.29) is 38.3 Å². The molecule has 0 radical (unpaired) electrons. The van der Waals surface area contributed by atoms with Gasteiger partial charge < -0.3 is 20.1 Å². The number of pyridine rings is 1. The van der Waals surface area contributed by atoms with Gasteiger partial charge in [0, 0.05) is 69.2 Å². The lowest BCUT2D eigenvalue weighted by Gasteiger charge is -2.32. The van der Waals surface area contributed by atoms with Gasteiger partial charge in [0.25, 0.3) is 0 Å². The Balaban J connectivity index is 1.76. The lowest BCUT2D eigenvalue weighted by molar-refractivity contribution is -0.910. The van der Waals surface area contributed by atoms with Crippen molar-refractivity contribution in [3.63, 3.8) is 0 Å². The number of hydrogen-bond donors (Lipinski definition) is 4. The standard InChI is InChI=1S/C28H37N5O9/c34-25(35)18-30-10-8-29(9-11-31(19-26(36)37)13-15-32(14-12-30)20-27(38)39)17-24-16-23(6-7-33(24)41)28(40)42-21-22-4-2-1-3-5-22/h1-7,16H,8-15,17-21H2,(H3-,34,35,36,37,38,39,40,41)/p+1. The molecule has 0 aliphatic carbocycles. The van der Waals surface area contributed by atoms with Crippen LogP contribution < -0.4 is 4.73 Å². The summed E-state index contributed by atoms with van der Waals surface area (Å²) in [7, 11) is 0. The van der Waals surface area contributed by atoms with Gasteiger partial charge in [0.2, 0.25) is 11.9 Å². The third-order valence-electron chi connectivity index (χ3n) is 6.85. The molecule has 1 aromatic carbocycles. The van der Waals surface area contributed by atoms with Crippen molar-refractivity contribution in [1.82, 2.24) is 19.6 Å². The quantitative estimate of drug-likeness (QED) is 0.151. The molecule has 1 saturated heterocycles. The Morgan fingerprint density at radius 2 is 1.14 bits per heavy atom. The first-order valence-corrected chi connectivity index (χ1v) is 13.6. The average molecular weight is 589 g/mol. The summed E-state index contributed by atoms with van der Waals surface area (Å²) in [5, 5.41) is 38.6. The number of rotatable bonds is 11. The fourth-order valence-electron chi connectivity index (χ4n) is 4.61. The van der Waals surface area contributed by atoms with E-state index in [9.17, 15) is 39.7 Å². The number of nitrogens with zero attached hydrogens (tertiary/aromatic N) is 5. The minimum atomic E-state index is -1.02. The molecule has 4 N–H and O–H groups in total. The molecule has 2 heterocycles. The molecule has 1 aliphatic heterocycles. The minimum absolute atomic E-state index is 0.0951. The monoisotopic (exact) mass is 588 g/mol. The maximum absolute atomic E-state index is 12.7. The number of aromatic nitrogens is 1. The Kier molecular flexibility index (Phi) is 12.6. The number of benzene rings is 1. The van der Waals surface area contributed by atoms with Gasteiger partial charge in [0.15, 0.2) is 0 Å². The van der Waals surface area contributed by atoms with Crippen LogP contribution in [-0.4, -0.2) is 136 Å². The van der Waals surface area contributed by atoms with E-state index in [1.165, 1.54) is 18.3 Å². The summed E-state index contributed by atoms with van der Waals surface area (Å²) in [4.78, 5) is 54.1. The van der Waals surface area contributed by atoms with Gasteiger partial charge in [-0.1, -0.05) is 30.3 Å². The van der Waals surface area contributed by atoms with Crippen LogP contribution in [-0.2, 0) is 32.3 Å². The Bertz CT molecular complexity index is 1180. The number of carbonyl (C=O) groups is 4. The highest BCUT2D eigenvalue weighted by Gasteiger charge is 2.23. The molecule has 0 atom stereocenters. The third kappa shape index (κ3) is 11.4. The molecule has 3 rings (SSSR count). The predicted molar refractivity (Wildman–Crippen MR) is 147 cm³/mol. The van der Waals surface area contributed by atoms with Gasteiger partial charge >= 0.3 is 23.9 Å². The van der Waals surface area contributed by atoms with E-state index in [0.717, 1.165) is 10.3 Å². The van der Waals surface area contributed by atoms with Crippen molar-refractivity contribution in [3.05, 3.63) is 65.5 Å². The SMILES string of the molecule is O=C(O)CN1CCN(CC(=O)O)CCN(Cc2cc(C(=O)OCc3ccccc3)cc[n+]2O)CCN(CC(=O)O)CC1. The van der Waals surface area contributed by atoms with Gasteiger partial charge in [-0.2, -0.15) is 0 Å². The summed E-state index contributed by atoms with van der Waals surface area (Å²) < 4.78 is 6.32. The minimum Gasteiger partial charge on any atom is -0.480 e. The number of carboxylic acid groups (broad SMARTS) is 3. The van der Waals surface area contributed by atoms with Crippen molar-refractivity contribution in [3.8, 4) is 0 Å². The summed E-state index contributed by atoms with van der Waals surface area (Å²) in [5.41, 5.74) is 1.47. The van der Waals surface area contributed by atoms with E-state index in [1.54, 1.807) is 14.7 Å². The lowest BCUT2D eigenvalue weighted by atomic mass is 10.2. The second-order valence-electron chi connectivity index (χ2n) is 10.1. The van der Waals surface area contributed by atoms with E-state index >= 15 is 0 Å². The van der Waals surface area contributed by atoms with E-state index in [4.69, 9.17) is 4.74 Å². The number of aliphatic carboxylic acids is 3. The Morgan fingerprint density at radius 3 is 1.60 bits per heavy atom. The topological polar surface area (TPSA) is 175 Å². The summed E-state index contributed by atoms with van der Waals surface area (Å²) >= 11 is 0. The first-order valence-electron chi connectivity index (χ1n) is 13.6. The lowest BCUT2D eigenvalue weighted by Crippen LogP contribution is -2.49. The van der Waals surface area contributed by atoms with Crippen molar-refractivity contribution < 1.29 is 49.2 Å². The summed E-state index contributed by atoms with van der Waals surface area (Å²) in [6, 6.07) is 12.2. The normalized spacial score (nSPS) is 16.7. The molecular formula is C28H38N5O9+. The maximum atomic E-state index is 12.7. The summed E-state index contributed by atoms with van der Waals surface area (Å²) in [6.07, 6.45) is 1.34. The molecule has 0 unspecified atom stereocenters. The van der Waals surface area contributed by atoms with Gasteiger partial charge in [-0.15, -0.1) is 0 Å². The van der Waals surface area contributed by atoms with Gasteiger partial charge in [-0.25, -0.2) is 4.79 Å². The van der Waals surface area contributed by atoms with Crippen LogP contribution in [0.25, 0.3) is 0 Å². The van der Waals surface area contributed by atoms with Crippen LogP contribution >= 0.6 is 0 Å². The number of hydrogen-bond acceptors (Lipinski definition) is 10. The second-order valence-corrected chi connectivity index (χ2v) is 10.1. The molecule has 0 saturated carbocycles. The van der Waals surface area contributed by atoms with E-state index < -0.39 is 23.9 Å². The molecule has 0 bridgehead atoms. The molecule has 228 valence electrons. The van der Waals surface area contributed by atoms with Crippen molar-refractivity contribution in [2.24, 2.45) is 0 Å². The smallest absolute Gasteiger partial charge is 0.338 e. The van der Waals surface area contributed by atoms with Gasteiger partial charge in [-0.05, 0) is 5.56 Å². The number of ether oxygens (including phenoxy) is 1. The average Bonchev–Trinajstić information content (AvgIpc) is 2.94. The molecule has 42 heavy (non-hydrogen) atoms. The highest BCUT2D eigenvalue weighted by molar-refractivity contribution is 5.89. The molecule has 1 aliphatic rings. The molecule has 14 nitrogen and oxygen atoms in total. The number of carbonyl (C=O) groups excluding carboxylic acids is 1.